The number of nitrogens with one attached hydrogen (secondary N) is 1. The molecular formula is C41H70N4O4S4. The molecule has 6 heterocycles. The van der Waals surface area contributed by atoms with Crippen LogP contribution in [0.25, 0.3) is 10.9 Å². The lowest BCUT2D eigenvalue weighted by atomic mass is 9.72. The van der Waals surface area contributed by atoms with E-state index >= 15 is 0 Å². The number of amides is 2. The van der Waals surface area contributed by atoms with E-state index in [1.807, 2.05) is 41.3 Å². The Morgan fingerprint density at radius 1 is 0.755 bits per heavy atom. The van der Waals surface area contributed by atoms with Gasteiger partial charge in [-0.1, -0.05) is 179 Å². The molecule has 1 aromatic heterocycles. The number of thioether (sulfide) groups is 2. The van der Waals surface area contributed by atoms with Crippen LogP contribution in [0.4, 0.5) is 11.4 Å². The van der Waals surface area contributed by atoms with Crippen molar-refractivity contribution >= 4 is 84.9 Å². The van der Waals surface area contributed by atoms with Gasteiger partial charge in [-0.2, -0.15) is 8.42 Å². The highest BCUT2D eigenvalue weighted by Gasteiger charge is 2.75. The van der Waals surface area contributed by atoms with Gasteiger partial charge < -0.3 is 14.8 Å². The maximum atomic E-state index is 14.4. The van der Waals surface area contributed by atoms with Crippen molar-refractivity contribution in [3.05, 3.63) is 96.2 Å². The molecule has 302 valence electrons. The van der Waals surface area contributed by atoms with Gasteiger partial charge in [-0.05, 0) is 35.4 Å². The van der Waals surface area contributed by atoms with Gasteiger partial charge in [0.15, 0.2) is 10.2 Å². The number of piperazine rings is 1. The molecule has 4 saturated heterocycles. The molecule has 1 N–H and O–H groups in total. The second kappa shape index (κ2) is 22.7. The standard InChI is InChI=1S/C29H22N4O2S3.12CH4.O2S/c1-31-24-23(34)33-25-28(16-29(33,26(31)35)38-27(36)37-24,20-15-30-21-13-7-5-11-18(20)21)19-12-6-8-14-22(19)32(25)17-9-3-2-4-10-17;;;;;;;;;;;;;1-3-2/h2-15,24-25,30H,16H2,1H3;12*1H4;/t24-,25-,28?,29?;;;;;;;;;;;;;/m1............./s1. The van der Waals surface area contributed by atoms with Crippen LogP contribution in [0.5, 0.6) is 0 Å². The molecule has 2 bridgehead atoms. The molecule has 0 aliphatic carbocycles. The molecule has 4 fully saturated rings. The SMILES string of the molecule is C.C.C.C.C.C.C.C.C.C.C.C.CN1C(=O)C23CC4(c5c[nH]c6ccccc56)c5ccccc5N(c5ccccc5)[C@@H]4N2C(=O)[C@H]1SC(=S)S3.O=S=O. The molecule has 0 radical (unpaired) electrons. The average Bonchev–Trinajstić information content (AvgIpc) is 3.58. The van der Waals surface area contributed by atoms with Crippen molar-refractivity contribution in [2.45, 2.75) is 117 Å². The van der Waals surface area contributed by atoms with Crippen LogP contribution in [-0.2, 0) is 26.6 Å². The van der Waals surface area contributed by atoms with Gasteiger partial charge in [0.25, 0.3) is 11.8 Å². The predicted molar refractivity (Wildman–Crippen MR) is 246 cm³/mol. The number of rotatable bonds is 2. The molecule has 3 aromatic carbocycles. The van der Waals surface area contributed by atoms with Gasteiger partial charge in [0.05, 0.1) is 5.41 Å². The van der Waals surface area contributed by atoms with E-state index in [1.54, 1.807) is 11.9 Å². The lowest BCUT2D eigenvalue weighted by Gasteiger charge is -2.47. The number of thiocarbonyl (C=S) groups is 1. The van der Waals surface area contributed by atoms with Crippen LogP contribution in [0.1, 0.15) is 107 Å². The molecule has 8 nitrogen and oxygen atoms in total. The number of para-hydroxylation sites is 3. The molecule has 5 aliphatic rings. The molecule has 53 heavy (non-hydrogen) atoms. The molecule has 5 aliphatic heterocycles. The Balaban J connectivity index is -0.000000357. The van der Waals surface area contributed by atoms with Crippen molar-refractivity contribution in [2.75, 3.05) is 11.9 Å². The van der Waals surface area contributed by atoms with Gasteiger partial charge in [0, 0.05) is 41.9 Å². The minimum atomic E-state index is -1.13. The zero-order valence-corrected chi connectivity index (χ0v) is 24.8. The number of aromatic nitrogens is 1. The van der Waals surface area contributed by atoms with E-state index in [9.17, 15) is 9.59 Å². The van der Waals surface area contributed by atoms with Gasteiger partial charge in [0.2, 0.25) is 0 Å². The number of hydrogen-bond acceptors (Lipinski definition) is 8. The predicted octanol–water partition coefficient (Wildman–Crippen LogP) is 12.4. The van der Waals surface area contributed by atoms with Crippen LogP contribution in [0.3, 0.4) is 0 Å². The van der Waals surface area contributed by atoms with Crippen molar-refractivity contribution in [2.24, 2.45) is 0 Å². The summed E-state index contributed by atoms with van der Waals surface area (Å²) in [5.74, 6) is -0.122. The summed E-state index contributed by atoms with van der Waals surface area (Å²) in [6, 6.07) is 26.9. The zero-order valence-electron chi connectivity index (χ0n) is 21.6. The smallest absolute Gasteiger partial charge is 0.335 e. The Bertz CT molecular complexity index is 1800. The quantitative estimate of drug-likeness (QED) is 0.200. The highest BCUT2D eigenvalue weighted by atomic mass is 32.2. The van der Waals surface area contributed by atoms with Crippen molar-refractivity contribution in [1.29, 1.82) is 0 Å². The lowest BCUT2D eigenvalue weighted by molar-refractivity contribution is -0.157. The highest BCUT2D eigenvalue weighted by molar-refractivity contribution is 8.48. The molecule has 1 spiro atoms. The van der Waals surface area contributed by atoms with Crippen LogP contribution >= 0.6 is 35.7 Å². The summed E-state index contributed by atoms with van der Waals surface area (Å²) in [5.41, 5.74) is 4.61. The summed E-state index contributed by atoms with van der Waals surface area (Å²) in [7, 11) is 1.74. The summed E-state index contributed by atoms with van der Waals surface area (Å²) < 4.78 is 17.2. The normalized spacial score (nSPS) is 21.5. The van der Waals surface area contributed by atoms with Crippen LogP contribution in [-0.4, -0.2) is 62.0 Å². The second-order valence-corrected chi connectivity index (χ2v) is 14.0. The van der Waals surface area contributed by atoms with Gasteiger partial charge >= 0.3 is 11.6 Å². The monoisotopic (exact) mass is 810 g/mol. The number of aromatic amines is 1. The van der Waals surface area contributed by atoms with Gasteiger partial charge in [-0.3, -0.25) is 14.5 Å². The Morgan fingerprint density at radius 2 is 1.28 bits per heavy atom. The first-order valence-electron chi connectivity index (χ1n) is 12.8. The summed E-state index contributed by atoms with van der Waals surface area (Å²) in [5, 5.41) is 0.430. The Morgan fingerprint density at radius 3 is 1.89 bits per heavy atom. The van der Waals surface area contributed by atoms with Gasteiger partial charge in [-0.15, -0.1) is 0 Å². The topological polar surface area (TPSA) is 93.8 Å². The fourth-order valence-electron chi connectivity index (χ4n) is 7.08. The fourth-order valence-corrected chi connectivity index (χ4v) is 10.4. The molecule has 2 amide bonds. The molecule has 4 atom stereocenters. The largest absolute Gasteiger partial charge is 0.361 e. The first kappa shape index (κ1) is 61.6. The van der Waals surface area contributed by atoms with Crippen molar-refractivity contribution in [1.82, 2.24) is 14.8 Å². The molecule has 9 rings (SSSR count). The van der Waals surface area contributed by atoms with Crippen LogP contribution < -0.4 is 4.90 Å². The van der Waals surface area contributed by atoms with E-state index in [0.29, 0.717) is 9.95 Å². The summed E-state index contributed by atoms with van der Waals surface area (Å²) in [6.45, 7) is 0. The molecule has 2 unspecified atom stereocenters. The number of anilines is 2. The minimum absolute atomic E-state index is 0. The Labute approximate surface area is 341 Å². The highest BCUT2D eigenvalue weighted by Crippen LogP contribution is 2.67. The number of carbonyl (C=O) groups excluding carboxylic acids is 2. The van der Waals surface area contributed by atoms with Crippen LogP contribution in [0, 0.1) is 0 Å². The molecular weight excluding hydrogens is 741 g/mol. The summed E-state index contributed by atoms with van der Waals surface area (Å²) >= 11 is 7.71. The minimum Gasteiger partial charge on any atom is -0.361 e. The van der Waals surface area contributed by atoms with E-state index in [4.69, 9.17) is 20.6 Å². The van der Waals surface area contributed by atoms with E-state index in [0.717, 1.165) is 33.4 Å². The third-order valence-electron chi connectivity index (χ3n) is 8.50. The number of nitrogens with zero attached hydrogens (tertiary/aromatic N) is 3. The van der Waals surface area contributed by atoms with Crippen molar-refractivity contribution < 1.29 is 18.0 Å². The maximum absolute atomic E-state index is 14.4. The number of hydrogen-bond donors (Lipinski definition) is 1. The van der Waals surface area contributed by atoms with Gasteiger partial charge in [0.1, 0.15) is 9.69 Å². The number of H-pyrrole nitrogens is 1. The lowest BCUT2D eigenvalue weighted by Crippen LogP contribution is -2.68. The second-order valence-electron chi connectivity index (χ2n) is 10.3. The number of carbonyl (C=O) groups is 2. The van der Waals surface area contributed by atoms with E-state index in [1.165, 1.54) is 23.5 Å². The van der Waals surface area contributed by atoms with Crippen molar-refractivity contribution in [3.8, 4) is 0 Å². The Hall–Kier alpha value is -3.45. The Kier molecular flexibility index (Phi) is 26.4. The first-order chi connectivity index (χ1) is 19.9. The third kappa shape index (κ3) is 8.30. The molecule has 0 saturated carbocycles. The first-order valence-corrected chi connectivity index (χ1v) is 15.6. The summed E-state index contributed by atoms with van der Waals surface area (Å²) in [4.78, 5) is 36.8. The van der Waals surface area contributed by atoms with Crippen LogP contribution in [0.2, 0.25) is 0 Å². The number of benzene rings is 3. The maximum Gasteiger partial charge on any atom is 0.335 e. The van der Waals surface area contributed by atoms with Crippen LogP contribution in [0.15, 0.2) is 85.1 Å². The van der Waals surface area contributed by atoms with E-state index < -0.39 is 33.4 Å². The van der Waals surface area contributed by atoms with E-state index in [-0.39, 0.29) is 101 Å². The summed E-state index contributed by atoms with van der Waals surface area (Å²) in [6.07, 6.45) is 2.07. The third-order valence-corrected chi connectivity index (χ3v) is 11.5. The zero-order chi connectivity index (χ0) is 28.5. The van der Waals surface area contributed by atoms with Gasteiger partial charge in [-0.25, -0.2) is 0 Å². The molecule has 12 heteroatoms. The van der Waals surface area contributed by atoms with E-state index in [2.05, 4.69) is 58.5 Å². The van der Waals surface area contributed by atoms with Crippen molar-refractivity contribution in [3.63, 3.8) is 0 Å². The number of likely N-dealkylation sites (N-methyl/N-ethyl adjacent to an activating group) is 1. The molecule has 4 aromatic rings. The number of fused-ring (bicyclic) bond motifs is 7. The average molecular weight is 811 g/mol. The fraction of sp³-hybridized carbons (Fsp3) is 0.439.